The quantitative estimate of drug-likeness (QED) is 0.833. The second-order valence-corrected chi connectivity index (χ2v) is 5.73. The van der Waals surface area contributed by atoms with Gasteiger partial charge in [-0.1, -0.05) is 26.0 Å². The summed E-state index contributed by atoms with van der Waals surface area (Å²) in [5.41, 5.74) is 1.35. The molecule has 0 unspecified atom stereocenters. The normalized spacial score (nSPS) is 22.9. The highest BCUT2D eigenvalue weighted by Crippen LogP contribution is 2.33. The Balaban J connectivity index is 1.67. The molecule has 0 aromatic heterocycles. The molecule has 0 radical (unpaired) electrons. The molecule has 0 atom stereocenters. The van der Waals surface area contributed by atoms with E-state index in [1.54, 1.807) is 7.11 Å². The first kappa shape index (κ1) is 13.4. The zero-order valence-corrected chi connectivity index (χ0v) is 11.8. The van der Waals surface area contributed by atoms with Crippen molar-refractivity contribution in [3.05, 3.63) is 29.8 Å². The Labute approximate surface area is 111 Å². The van der Waals surface area contributed by atoms with Gasteiger partial charge in [-0.2, -0.15) is 0 Å². The minimum Gasteiger partial charge on any atom is -0.497 e. The topological polar surface area (TPSA) is 21.3 Å². The summed E-state index contributed by atoms with van der Waals surface area (Å²) >= 11 is 0. The number of nitrogens with one attached hydrogen (secondary N) is 1. The summed E-state index contributed by atoms with van der Waals surface area (Å²) in [4.78, 5) is 0. The van der Waals surface area contributed by atoms with Crippen molar-refractivity contribution in [3.63, 3.8) is 0 Å². The van der Waals surface area contributed by atoms with Crippen LogP contribution >= 0.6 is 0 Å². The van der Waals surface area contributed by atoms with Gasteiger partial charge in [0.2, 0.25) is 0 Å². The molecule has 2 heteroatoms. The first-order valence-electron chi connectivity index (χ1n) is 7.05. The number of ether oxygens (including phenoxy) is 1. The molecule has 18 heavy (non-hydrogen) atoms. The number of hydrogen-bond acceptors (Lipinski definition) is 2. The van der Waals surface area contributed by atoms with Crippen LogP contribution in [0.1, 0.15) is 32.3 Å². The highest BCUT2D eigenvalue weighted by Gasteiger charge is 2.30. The van der Waals surface area contributed by atoms with E-state index in [-0.39, 0.29) is 0 Å². The molecule has 1 aromatic carbocycles. The molecule has 2 nitrogen and oxygen atoms in total. The third kappa shape index (κ3) is 3.49. The van der Waals surface area contributed by atoms with Crippen molar-refractivity contribution in [3.8, 4) is 5.75 Å². The van der Waals surface area contributed by atoms with E-state index in [2.05, 4.69) is 37.4 Å². The molecular weight excluding hydrogens is 222 g/mol. The van der Waals surface area contributed by atoms with Crippen LogP contribution in [0.2, 0.25) is 0 Å². The summed E-state index contributed by atoms with van der Waals surface area (Å²) in [5.74, 6) is 2.75. The van der Waals surface area contributed by atoms with Crippen LogP contribution in [0.4, 0.5) is 0 Å². The smallest absolute Gasteiger partial charge is 0.119 e. The molecule has 1 fully saturated rings. The van der Waals surface area contributed by atoms with Gasteiger partial charge in [0.1, 0.15) is 5.75 Å². The van der Waals surface area contributed by atoms with Gasteiger partial charge in [0, 0.05) is 6.04 Å². The van der Waals surface area contributed by atoms with Crippen LogP contribution < -0.4 is 10.1 Å². The average Bonchev–Trinajstić information content (AvgIpc) is 2.31. The fraction of sp³-hybridized carbons (Fsp3) is 0.625. The Morgan fingerprint density at radius 1 is 1.33 bits per heavy atom. The molecule has 1 N–H and O–H groups in total. The maximum atomic E-state index is 5.23. The zero-order valence-electron chi connectivity index (χ0n) is 11.8. The van der Waals surface area contributed by atoms with E-state index in [4.69, 9.17) is 4.74 Å². The summed E-state index contributed by atoms with van der Waals surface area (Å²) in [7, 11) is 1.72. The maximum absolute atomic E-state index is 5.23. The van der Waals surface area contributed by atoms with Gasteiger partial charge in [-0.3, -0.25) is 0 Å². The van der Waals surface area contributed by atoms with E-state index in [1.807, 2.05) is 6.07 Å². The van der Waals surface area contributed by atoms with E-state index >= 15 is 0 Å². The van der Waals surface area contributed by atoms with Crippen molar-refractivity contribution >= 4 is 0 Å². The van der Waals surface area contributed by atoms with Crippen LogP contribution in [0.15, 0.2) is 24.3 Å². The predicted molar refractivity (Wildman–Crippen MR) is 76.1 cm³/mol. The summed E-state index contributed by atoms with van der Waals surface area (Å²) in [5, 5.41) is 3.65. The van der Waals surface area contributed by atoms with E-state index < -0.39 is 0 Å². The van der Waals surface area contributed by atoms with Crippen LogP contribution in [0.3, 0.4) is 0 Å². The van der Waals surface area contributed by atoms with Crippen molar-refractivity contribution in [1.29, 1.82) is 0 Å². The van der Waals surface area contributed by atoms with E-state index in [1.165, 1.54) is 18.4 Å². The summed E-state index contributed by atoms with van der Waals surface area (Å²) in [6.45, 7) is 5.73. The summed E-state index contributed by atoms with van der Waals surface area (Å²) < 4.78 is 5.23. The fourth-order valence-electron chi connectivity index (χ4n) is 2.62. The van der Waals surface area contributed by atoms with Crippen LogP contribution in [-0.4, -0.2) is 19.7 Å². The fourth-order valence-corrected chi connectivity index (χ4v) is 2.62. The first-order chi connectivity index (χ1) is 8.69. The van der Waals surface area contributed by atoms with Crippen molar-refractivity contribution in [2.24, 2.45) is 11.8 Å². The van der Waals surface area contributed by atoms with Gasteiger partial charge < -0.3 is 10.1 Å². The SMILES string of the molecule is COc1cccc(CCNC2CC(C(C)C)C2)c1. The minimum absolute atomic E-state index is 0.753. The lowest BCUT2D eigenvalue weighted by atomic mass is 9.73. The number of benzene rings is 1. The second kappa shape index (κ2) is 6.24. The molecule has 100 valence electrons. The van der Waals surface area contributed by atoms with Crippen LogP contribution in [-0.2, 0) is 6.42 Å². The molecule has 0 heterocycles. The molecule has 0 saturated heterocycles. The molecule has 1 aliphatic carbocycles. The van der Waals surface area contributed by atoms with E-state index in [0.29, 0.717) is 0 Å². The monoisotopic (exact) mass is 247 g/mol. The highest BCUT2D eigenvalue weighted by molar-refractivity contribution is 5.28. The Hall–Kier alpha value is -1.02. The van der Waals surface area contributed by atoms with E-state index in [0.717, 1.165) is 36.6 Å². The lowest BCUT2D eigenvalue weighted by molar-refractivity contribution is 0.169. The average molecular weight is 247 g/mol. The largest absolute Gasteiger partial charge is 0.497 e. The van der Waals surface area contributed by atoms with Gasteiger partial charge >= 0.3 is 0 Å². The first-order valence-corrected chi connectivity index (χ1v) is 7.05. The van der Waals surface area contributed by atoms with Crippen molar-refractivity contribution in [2.45, 2.75) is 39.2 Å². The molecule has 1 saturated carbocycles. The lowest BCUT2D eigenvalue weighted by Crippen LogP contribution is -2.43. The summed E-state index contributed by atoms with van der Waals surface area (Å²) in [6.07, 6.45) is 3.80. The van der Waals surface area contributed by atoms with Gasteiger partial charge in [-0.15, -0.1) is 0 Å². The standard InChI is InChI=1S/C16H25NO/c1-12(2)14-10-15(11-14)17-8-7-13-5-4-6-16(9-13)18-3/h4-6,9,12,14-15,17H,7-8,10-11H2,1-3H3. The minimum atomic E-state index is 0.753. The highest BCUT2D eigenvalue weighted by atomic mass is 16.5. The van der Waals surface area contributed by atoms with E-state index in [9.17, 15) is 0 Å². The van der Waals surface area contributed by atoms with Crippen molar-refractivity contribution in [1.82, 2.24) is 5.32 Å². The molecule has 0 spiro atoms. The van der Waals surface area contributed by atoms with Crippen LogP contribution in [0.5, 0.6) is 5.75 Å². The Morgan fingerprint density at radius 3 is 2.78 bits per heavy atom. The third-order valence-corrected chi connectivity index (χ3v) is 4.10. The van der Waals surface area contributed by atoms with Gasteiger partial charge in [0.05, 0.1) is 7.11 Å². The molecular formula is C16H25NO. The maximum Gasteiger partial charge on any atom is 0.119 e. The van der Waals surface area contributed by atoms with Crippen LogP contribution in [0, 0.1) is 11.8 Å². The molecule has 1 aliphatic rings. The Kier molecular flexibility index (Phi) is 4.65. The van der Waals surface area contributed by atoms with Gasteiger partial charge in [-0.05, 0) is 55.3 Å². The molecule has 2 rings (SSSR count). The predicted octanol–water partition coefficient (Wildman–Crippen LogP) is 3.26. The second-order valence-electron chi connectivity index (χ2n) is 5.73. The van der Waals surface area contributed by atoms with Gasteiger partial charge in [-0.25, -0.2) is 0 Å². The number of hydrogen-bond donors (Lipinski definition) is 1. The lowest BCUT2D eigenvalue weighted by Gasteiger charge is -2.38. The Morgan fingerprint density at radius 2 is 2.11 bits per heavy atom. The zero-order chi connectivity index (χ0) is 13.0. The summed E-state index contributed by atoms with van der Waals surface area (Å²) in [6, 6.07) is 9.10. The van der Waals surface area contributed by atoms with Crippen molar-refractivity contribution in [2.75, 3.05) is 13.7 Å². The molecule has 0 amide bonds. The van der Waals surface area contributed by atoms with Gasteiger partial charge in [0.15, 0.2) is 0 Å². The molecule has 0 aliphatic heterocycles. The number of rotatable bonds is 6. The molecule has 1 aromatic rings. The molecule has 0 bridgehead atoms. The third-order valence-electron chi connectivity index (χ3n) is 4.10. The van der Waals surface area contributed by atoms with Crippen molar-refractivity contribution < 1.29 is 4.74 Å². The number of methoxy groups -OCH3 is 1. The van der Waals surface area contributed by atoms with Crippen LogP contribution in [0.25, 0.3) is 0 Å². The Bertz CT molecular complexity index is 369. The van der Waals surface area contributed by atoms with Gasteiger partial charge in [0.25, 0.3) is 0 Å².